The first kappa shape index (κ1) is 18.6. The summed E-state index contributed by atoms with van der Waals surface area (Å²) >= 11 is 0. The van der Waals surface area contributed by atoms with Crippen LogP contribution in [0, 0.1) is 6.92 Å². The molecule has 1 amide bonds. The molecule has 0 atom stereocenters. The molecule has 0 spiro atoms. The molecule has 3 rings (SSSR count). The van der Waals surface area contributed by atoms with Gasteiger partial charge in [0.2, 0.25) is 0 Å². The van der Waals surface area contributed by atoms with Crippen LogP contribution in [0.4, 0.5) is 0 Å². The summed E-state index contributed by atoms with van der Waals surface area (Å²) in [5.74, 6) is 0.0747. The van der Waals surface area contributed by atoms with Crippen LogP contribution in [0.1, 0.15) is 67.8 Å². The number of carbonyl (C=O) groups is 1. The van der Waals surface area contributed by atoms with Crippen LogP contribution in [0.2, 0.25) is 0 Å². The Kier molecular flexibility index (Phi) is 5.13. The second kappa shape index (κ2) is 7.19. The second-order valence-corrected chi connectivity index (χ2v) is 7.72. The van der Waals surface area contributed by atoms with Crippen molar-refractivity contribution in [3.63, 3.8) is 0 Å². The van der Waals surface area contributed by atoms with Crippen LogP contribution in [-0.4, -0.2) is 48.7 Å². The van der Waals surface area contributed by atoms with Gasteiger partial charge in [0, 0.05) is 25.8 Å². The summed E-state index contributed by atoms with van der Waals surface area (Å²) in [6, 6.07) is 0.256. The van der Waals surface area contributed by atoms with E-state index in [0.29, 0.717) is 18.7 Å². The number of amides is 1. The van der Waals surface area contributed by atoms with E-state index in [1.54, 1.807) is 0 Å². The van der Waals surface area contributed by atoms with Crippen LogP contribution in [-0.2, 0) is 12.1 Å². The molecule has 3 heterocycles. The molecule has 142 valence electrons. The van der Waals surface area contributed by atoms with Crippen LogP contribution in [0.15, 0.2) is 12.4 Å². The van der Waals surface area contributed by atoms with Gasteiger partial charge in [-0.1, -0.05) is 12.1 Å². The molecule has 0 radical (unpaired) electrons. The number of likely N-dealkylation sites (tertiary alicyclic amines) is 1. The van der Waals surface area contributed by atoms with Gasteiger partial charge in [-0.2, -0.15) is 5.10 Å². The minimum atomic E-state index is -0.495. The molecule has 0 unspecified atom stereocenters. The predicted molar refractivity (Wildman–Crippen MR) is 98.7 cm³/mol. The number of nitrogens with zero attached hydrogens (tertiary/aromatic N) is 6. The fourth-order valence-electron chi connectivity index (χ4n) is 3.33. The maximum Gasteiger partial charge on any atom is 0.257 e. The van der Waals surface area contributed by atoms with Gasteiger partial charge in [0.15, 0.2) is 0 Å². The molecule has 26 heavy (non-hydrogen) atoms. The first-order chi connectivity index (χ1) is 12.3. The van der Waals surface area contributed by atoms with E-state index < -0.39 is 5.54 Å². The number of hydrogen-bond acceptors (Lipinski definition) is 5. The normalized spacial score (nSPS) is 16.3. The van der Waals surface area contributed by atoms with Crippen molar-refractivity contribution in [3.05, 3.63) is 29.3 Å². The van der Waals surface area contributed by atoms with E-state index in [9.17, 15) is 4.79 Å². The van der Waals surface area contributed by atoms with Crippen LogP contribution < -0.4 is 5.73 Å². The summed E-state index contributed by atoms with van der Waals surface area (Å²) in [5.41, 5.74) is 7.89. The summed E-state index contributed by atoms with van der Waals surface area (Å²) in [7, 11) is 0. The maximum absolute atomic E-state index is 12.8. The van der Waals surface area contributed by atoms with E-state index in [2.05, 4.69) is 22.3 Å². The highest BCUT2D eigenvalue weighted by atomic mass is 16.2. The van der Waals surface area contributed by atoms with Gasteiger partial charge in [-0.3, -0.25) is 9.48 Å². The smallest absolute Gasteiger partial charge is 0.257 e. The van der Waals surface area contributed by atoms with E-state index in [1.165, 1.54) is 0 Å². The van der Waals surface area contributed by atoms with Gasteiger partial charge in [0.25, 0.3) is 5.91 Å². The molecule has 0 aliphatic carbocycles. The van der Waals surface area contributed by atoms with Crippen LogP contribution in [0.3, 0.4) is 0 Å². The molecule has 1 aliphatic rings. The topological polar surface area (TPSA) is 94.9 Å². The zero-order valence-corrected chi connectivity index (χ0v) is 16.1. The van der Waals surface area contributed by atoms with Gasteiger partial charge in [0.1, 0.15) is 5.69 Å². The van der Waals surface area contributed by atoms with E-state index in [1.807, 2.05) is 47.4 Å². The highest BCUT2D eigenvalue weighted by Crippen LogP contribution is 2.25. The Bertz CT molecular complexity index is 763. The molecule has 1 aliphatic heterocycles. The van der Waals surface area contributed by atoms with E-state index in [4.69, 9.17) is 5.73 Å². The minimum Gasteiger partial charge on any atom is -0.338 e. The number of rotatable bonds is 5. The van der Waals surface area contributed by atoms with Crippen LogP contribution in [0.5, 0.6) is 0 Å². The summed E-state index contributed by atoms with van der Waals surface area (Å²) in [6.07, 6.45) is 6.53. The maximum atomic E-state index is 12.8. The van der Waals surface area contributed by atoms with Crippen molar-refractivity contribution in [2.24, 2.45) is 5.73 Å². The summed E-state index contributed by atoms with van der Waals surface area (Å²) in [6.45, 7) is 10.1. The number of nitrogens with two attached hydrogens (primary N) is 1. The third-order valence-corrected chi connectivity index (χ3v) is 4.93. The Labute approximate surface area is 154 Å². The third kappa shape index (κ3) is 3.80. The number of carbonyl (C=O) groups excluding carboxylic acids is 1. The fourth-order valence-corrected chi connectivity index (χ4v) is 3.33. The molecule has 8 heteroatoms. The largest absolute Gasteiger partial charge is 0.338 e. The zero-order chi connectivity index (χ0) is 18.9. The van der Waals surface area contributed by atoms with E-state index >= 15 is 0 Å². The highest BCUT2D eigenvalue weighted by Gasteiger charge is 2.28. The number of piperidine rings is 1. The molecule has 1 saturated heterocycles. The highest BCUT2D eigenvalue weighted by molar-refractivity contribution is 5.95. The lowest BCUT2D eigenvalue weighted by Gasteiger charge is -2.31. The van der Waals surface area contributed by atoms with E-state index in [0.717, 1.165) is 37.2 Å². The molecule has 8 nitrogen and oxygen atoms in total. The Morgan fingerprint density at radius 1 is 1.31 bits per heavy atom. The molecule has 0 bridgehead atoms. The Balaban J connectivity index is 1.63. The first-order valence-electron chi connectivity index (χ1n) is 9.34. The van der Waals surface area contributed by atoms with Gasteiger partial charge in [-0.15, -0.1) is 5.10 Å². The number of aromatic nitrogens is 5. The molecule has 2 aromatic heterocycles. The summed E-state index contributed by atoms with van der Waals surface area (Å²) in [5, 5.41) is 12.9. The van der Waals surface area contributed by atoms with Crippen molar-refractivity contribution in [1.29, 1.82) is 0 Å². The lowest BCUT2D eigenvalue weighted by molar-refractivity contribution is 0.0688. The molecule has 2 aromatic rings. The first-order valence-corrected chi connectivity index (χ1v) is 9.34. The molecule has 0 saturated carbocycles. The van der Waals surface area contributed by atoms with E-state index in [-0.39, 0.29) is 11.9 Å². The molecule has 1 fully saturated rings. The Hall–Kier alpha value is -2.22. The van der Waals surface area contributed by atoms with Crippen molar-refractivity contribution in [1.82, 2.24) is 29.7 Å². The third-order valence-electron chi connectivity index (χ3n) is 4.93. The second-order valence-electron chi connectivity index (χ2n) is 7.72. The average molecular weight is 359 g/mol. The SMILES string of the molecule is CCCn1cc(C(=O)N2CCC(n3cc(C(C)(C)N)nn3)CC2)c(C)n1. The molecular formula is C18H29N7O. The van der Waals surface area contributed by atoms with Crippen molar-refractivity contribution in [3.8, 4) is 0 Å². The number of aryl methyl sites for hydroxylation is 2. The minimum absolute atomic E-state index is 0.0747. The van der Waals surface area contributed by atoms with Crippen molar-refractivity contribution in [2.75, 3.05) is 13.1 Å². The molecular weight excluding hydrogens is 330 g/mol. The molecule has 2 N–H and O–H groups in total. The van der Waals surface area contributed by atoms with Crippen molar-refractivity contribution < 1.29 is 4.79 Å². The van der Waals surface area contributed by atoms with Gasteiger partial charge in [0.05, 0.1) is 29.0 Å². The quantitative estimate of drug-likeness (QED) is 0.879. The van der Waals surface area contributed by atoms with Gasteiger partial charge < -0.3 is 10.6 Å². The van der Waals surface area contributed by atoms with Gasteiger partial charge in [-0.05, 0) is 40.0 Å². The summed E-state index contributed by atoms with van der Waals surface area (Å²) in [4.78, 5) is 14.8. The Morgan fingerprint density at radius 2 is 2.00 bits per heavy atom. The zero-order valence-electron chi connectivity index (χ0n) is 16.1. The standard InChI is InChI=1S/C18H29N7O/c1-5-8-24-11-15(13(2)21-24)17(26)23-9-6-14(7-10-23)25-12-16(20-22-25)18(3,4)19/h11-12,14H,5-10,19H2,1-4H3. The molecule has 0 aromatic carbocycles. The van der Waals surface area contributed by atoms with Gasteiger partial charge in [-0.25, -0.2) is 4.68 Å². The van der Waals surface area contributed by atoms with Crippen LogP contribution >= 0.6 is 0 Å². The fraction of sp³-hybridized carbons (Fsp3) is 0.667. The van der Waals surface area contributed by atoms with Crippen LogP contribution in [0.25, 0.3) is 0 Å². The van der Waals surface area contributed by atoms with Crippen molar-refractivity contribution in [2.45, 2.75) is 65.1 Å². The van der Waals surface area contributed by atoms with Crippen molar-refractivity contribution >= 4 is 5.91 Å². The average Bonchev–Trinajstić information content (AvgIpc) is 3.22. The van der Waals surface area contributed by atoms with Gasteiger partial charge >= 0.3 is 0 Å². The Morgan fingerprint density at radius 3 is 2.58 bits per heavy atom. The predicted octanol–water partition coefficient (Wildman–Crippen LogP) is 1.86. The lowest BCUT2D eigenvalue weighted by atomic mass is 10.0. The monoisotopic (exact) mass is 359 g/mol. The summed E-state index contributed by atoms with van der Waals surface area (Å²) < 4.78 is 3.76. The lowest BCUT2D eigenvalue weighted by Crippen LogP contribution is -2.39. The number of hydrogen-bond donors (Lipinski definition) is 1.